The van der Waals surface area contributed by atoms with Crippen LogP contribution in [-0.4, -0.2) is 11.6 Å². The summed E-state index contributed by atoms with van der Waals surface area (Å²) in [6.45, 7) is 0.180. The lowest BCUT2D eigenvalue weighted by Gasteiger charge is -2.19. The van der Waals surface area contributed by atoms with Gasteiger partial charge in [-0.3, -0.25) is 9.59 Å². The summed E-state index contributed by atoms with van der Waals surface area (Å²) in [5, 5.41) is 1.04. The van der Waals surface area contributed by atoms with E-state index in [0.717, 1.165) is 36.6 Å². The number of hydrogen-bond donors (Lipinski definition) is 0. The zero-order valence-corrected chi connectivity index (χ0v) is 15.4. The van der Waals surface area contributed by atoms with Gasteiger partial charge in [-0.2, -0.15) is 4.57 Å². The molecule has 136 valence electrons. The van der Waals surface area contributed by atoms with Crippen LogP contribution < -0.4 is 4.57 Å². The van der Waals surface area contributed by atoms with Crippen molar-refractivity contribution in [2.45, 2.75) is 38.6 Å². The number of Topliss-reactive ketones (excluding diaryl/α,β-unsaturated/α-hetero) is 2. The Morgan fingerprint density at radius 2 is 1.52 bits per heavy atom. The van der Waals surface area contributed by atoms with Gasteiger partial charge in [0.05, 0.1) is 0 Å². The number of fused-ring (bicyclic) bond motifs is 1. The number of carbonyl (C=O) groups is 2. The first-order valence-electron chi connectivity index (χ1n) is 9.78. The molecule has 27 heavy (non-hydrogen) atoms. The van der Waals surface area contributed by atoms with Crippen LogP contribution in [0.2, 0.25) is 0 Å². The number of pyridine rings is 1. The minimum Gasteiger partial charge on any atom is -0.287 e. The third-order valence-corrected chi connectivity index (χ3v) is 5.57. The van der Waals surface area contributed by atoms with Crippen molar-refractivity contribution in [3.8, 4) is 0 Å². The van der Waals surface area contributed by atoms with E-state index in [9.17, 15) is 9.59 Å². The van der Waals surface area contributed by atoms with Gasteiger partial charge in [-0.05, 0) is 25.0 Å². The maximum atomic E-state index is 13.3. The maximum absolute atomic E-state index is 13.3. The first-order valence-corrected chi connectivity index (χ1v) is 9.78. The average Bonchev–Trinajstić information content (AvgIpc) is 2.74. The monoisotopic (exact) mass is 358 g/mol. The third-order valence-electron chi connectivity index (χ3n) is 5.57. The zero-order chi connectivity index (χ0) is 18.6. The highest BCUT2D eigenvalue weighted by Crippen LogP contribution is 2.26. The Kier molecular flexibility index (Phi) is 5.10. The molecule has 1 heterocycles. The number of para-hydroxylation sites is 1. The fraction of sp³-hybridized carbons (Fsp3) is 0.292. The van der Waals surface area contributed by atoms with Crippen molar-refractivity contribution in [3.05, 3.63) is 78.0 Å². The summed E-state index contributed by atoms with van der Waals surface area (Å²) < 4.78 is 1.92. The molecule has 2 aromatic carbocycles. The molecule has 3 heteroatoms. The van der Waals surface area contributed by atoms with Crippen molar-refractivity contribution in [1.82, 2.24) is 0 Å². The fourth-order valence-corrected chi connectivity index (χ4v) is 4.08. The highest BCUT2D eigenvalue weighted by molar-refractivity contribution is 5.98. The molecule has 1 aliphatic rings. The molecular weight excluding hydrogens is 334 g/mol. The van der Waals surface area contributed by atoms with Gasteiger partial charge in [0.2, 0.25) is 29.3 Å². The van der Waals surface area contributed by atoms with E-state index in [0.29, 0.717) is 11.3 Å². The second kappa shape index (κ2) is 7.83. The van der Waals surface area contributed by atoms with Crippen LogP contribution in [0.1, 0.15) is 53.0 Å². The van der Waals surface area contributed by atoms with Gasteiger partial charge < -0.3 is 0 Å². The summed E-state index contributed by atoms with van der Waals surface area (Å²) in [6.07, 6.45) is 5.37. The number of aromatic nitrogens is 1. The van der Waals surface area contributed by atoms with E-state index in [1.807, 2.05) is 71.3 Å². The molecule has 0 spiro atoms. The summed E-state index contributed by atoms with van der Waals surface area (Å²) in [6, 6.07) is 21.2. The molecule has 1 fully saturated rings. The predicted molar refractivity (Wildman–Crippen MR) is 106 cm³/mol. The van der Waals surface area contributed by atoms with Gasteiger partial charge in [0, 0.05) is 29.0 Å². The summed E-state index contributed by atoms with van der Waals surface area (Å²) in [5.41, 5.74) is 2.27. The summed E-state index contributed by atoms with van der Waals surface area (Å²) in [7, 11) is 0. The van der Waals surface area contributed by atoms with Crippen molar-refractivity contribution in [2.24, 2.45) is 5.92 Å². The van der Waals surface area contributed by atoms with Crippen molar-refractivity contribution >= 4 is 22.5 Å². The molecule has 0 radical (unpaired) electrons. The molecule has 3 aromatic rings. The van der Waals surface area contributed by atoms with Crippen molar-refractivity contribution in [1.29, 1.82) is 0 Å². The Labute approximate surface area is 159 Å². The first-order chi connectivity index (χ1) is 13.2. The van der Waals surface area contributed by atoms with E-state index < -0.39 is 0 Å². The molecule has 4 rings (SSSR count). The first kappa shape index (κ1) is 17.6. The van der Waals surface area contributed by atoms with Crippen LogP contribution >= 0.6 is 0 Å². The summed E-state index contributed by atoms with van der Waals surface area (Å²) >= 11 is 0. The normalized spacial score (nSPS) is 15.0. The Morgan fingerprint density at radius 3 is 2.30 bits per heavy atom. The standard InChI is InChI=1S/C24H24NO2/c26-23(19-10-3-1-4-11-19)17-25-21-14-8-7-9-18(21)15-16-22(25)24(27)20-12-5-2-6-13-20/h1,3-4,7-11,14-16,20H,2,5-6,12-13,17H2/q+1. The number of carbonyl (C=O) groups excluding carboxylic acids is 2. The van der Waals surface area contributed by atoms with E-state index in [4.69, 9.17) is 0 Å². The number of hydrogen-bond acceptors (Lipinski definition) is 2. The molecular formula is C24H24NO2+. The van der Waals surface area contributed by atoms with E-state index in [-0.39, 0.29) is 24.0 Å². The smallest absolute Gasteiger partial charge is 0.249 e. The quantitative estimate of drug-likeness (QED) is 0.486. The van der Waals surface area contributed by atoms with Gasteiger partial charge in [-0.1, -0.05) is 61.7 Å². The third kappa shape index (κ3) is 3.68. The lowest BCUT2D eigenvalue weighted by Crippen LogP contribution is -2.45. The number of rotatable bonds is 5. The van der Waals surface area contributed by atoms with Gasteiger partial charge in [-0.15, -0.1) is 0 Å². The molecule has 0 unspecified atom stereocenters. The van der Waals surface area contributed by atoms with Crippen LogP contribution in [0.3, 0.4) is 0 Å². The van der Waals surface area contributed by atoms with Crippen LogP contribution in [-0.2, 0) is 6.54 Å². The predicted octanol–water partition coefficient (Wildman–Crippen LogP) is 4.77. The van der Waals surface area contributed by atoms with Crippen LogP contribution in [0, 0.1) is 5.92 Å². The molecule has 1 aliphatic carbocycles. The maximum Gasteiger partial charge on any atom is 0.249 e. The van der Waals surface area contributed by atoms with Crippen LogP contribution in [0.5, 0.6) is 0 Å². The second-order valence-corrected chi connectivity index (χ2v) is 7.35. The lowest BCUT2D eigenvalue weighted by atomic mass is 9.85. The molecule has 0 atom stereocenters. The van der Waals surface area contributed by atoms with Crippen molar-refractivity contribution in [3.63, 3.8) is 0 Å². The lowest BCUT2D eigenvalue weighted by molar-refractivity contribution is -0.659. The number of benzene rings is 2. The van der Waals surface area contributed by atoms with Crippen LogP contribution in [0.15, 0.2) is 66.7 Å². The minimum absolute atomic E-state index is 0.0228. The Bertz CT molecular complexity index is 972. The largest absolute Gasteiger partial charge is 0.287 e. The Morgan fingerprint density at radius 1 is 0.815 bits per heavy atom. The van der Waals surface area contributed by atoms with Gasteiger partial charge >= 0.3 is 0 Å². The number of nitrogens with zero attached hydrogens (tertiary/aromatic N) is 1. The molecule has 0 saturated heterocycles. The van der Waals surface area contributed by atoms with E-state index in [2.05, 4.69) is 0 Å². The Hall–Kier alpha value is -2.81. The highest BCUT2D eigenvalue weighted by Gasteiger charge is 2.31. The molecule has 0 bridgehead atoms. The molecule has 0 aliphatic heterocycles. The van der Waals surface area contributed by atoms with Gasteiger partial charge in [0.1, 0.15) is 0 Å². The summed E-state index contributed by atoms with van der Waals surface area (Å²) in [5.74, 6) is 0.286. The fourth-order valence-electron chi connectivity index (χ4n) is 4.08. The van der Waals surface area contributed by atoms with Crippen molar-refractivity contribution < 1.29 is 14.2 Å². The SMILES string of the molecule is O=C(C[n+]1c(C(=O)C2CCCCC2)ccc2ccccc21)c1ccccc1. The number of ketones is 2. The van der Waals surface area contributed by atoms with Crippen LogP contribution in [0.4, 0.5) is 0 Å². The van der Waals surface area contributed by atoms with E-state index in [1.165, 1.54) is 6.42 Å². The molecule has 0 amide bonds. The summed E-state index contributed by atoms with van der Waals surface area (Å²) in [4.78, 5) is 26.1. The highest BCUT2D eigenvalue weighted by atomic mass is 16.1. The van der Waals surface area contributed by atoms with E-state index in [1.54, 1.807) is 0 Å². The average molecular weight is 358 g/mol. The minimum atomic E-state index is 0.0228. The molecule has 1 aromatic heterocycles. The van der Waals surface area contributed by atoms with E-state index >= 15 is 0 Å². The van der Waals surface area contributed by atoms with Gasteiger partial charge in [0.25, 0.3) is 0 Å². The topological polar surface area (TPSA) is 38.0 Å². The zero-order valence-electron chi connectivity index (χ0n) is 15.4. The van der Waals surface area contributed by atoms with Crippen molar-refractivity contribution in [2.75, 3.05) is 0 Å². The van der Waals surface area contributed by atoms with Crippen LogP contribution in [0.25, 0.3) is 10.9 Å². The molecule has 1 saturated carbocycles. The van der Waals surface area contributed by atoms with Gasteiger partial charge in [-0.25, -0.2) is 0 Å². The molecule has 3 nitrogen and oxygen atoms in total. The Balaban J connectivity index is 1.76. The molecule has 0 N–H and O–H groups in total. The second-order valence-electron chi connectivity index (χ2n) is 7.35. The van der Waals surface area contributed by atoms with Gasteiger partial charge in [0.15, 0.2) is 0 Å².